The number of hydrogen-bond donors (Lipinski definition) is 1. The van der Waals surface area contributed by atoms with E-state index in [9.17, 15) is 0 Å². The van der Waals surface area contributed by atoms with Gasteiger partial charge in [-0.2, -0.15) is 0 Å². The van der Waals surface area contributed by atoms with Crippen molar-refractivity contribution in [3.63, 3.8) is 0 Å². The SMILES string of the molecule is CCOc1ncc(-c2cc(N)ccc2C)cc1Cl. The Balaban J connectivity index is 2.45. The monoisotopic (exact) mass is 262 g/mol. The predicted molar refractivity (Wildman–Crippen MR) is 75.0 cm³/mol. The molecule has 0 radical (unpaired) electrons. The zero-order valence-corrected chi connectivity index (χ0v) is 11.2. The molecule has 0 atom stereocenters. The van der Waals surface area contributed by atoms with E-state index in [2.05, 4.69) is 4.98 Å². The fourth-order valence-corrected chi connectivity index (χ4v) is 1.99. The third-order valence-corrected chi connectivity index (χ3v) is 2.93. The minimum Gasteiger partial charge on any atom is -0.477 e. The van der Waals surface area contributed by atoms with Crippen molar-refractivity contribution in [2.75, 3.05) is 12.3 Å². The lowest BCUT2D eigenvalue weighted by molar-refractivity contribution is 0.327. The smallest absolute Gasteiger partial charge is 0.232 e. The van der Waals surface area contributed by atoms with Gasteiger partial charge in [-0.3, -0.25) is 0 Å². The molecule has 0 unspecified atom stereocenters. The Labute approximate surface area is 112 Å². The Kier molecular flexibility index (Phi) is 3.72. The van der Waals surface area contributed by atoms with Gasteiger partial charge >= 0.3 is 0 Å². The van der Waals surface area contributed by atoms with Gasteiger partial charge in [0.1, 0.15) is 5.02 Å². The van der Waals surface area contributed by atoms with E-state index in [1.165, 1.54) is 0 Å². The highest BCUT2D eigenvalue weighted by molar-refractivity contribution is 6.32. The van der Waals surface area contributed by atoms with Crippen LogP contribution in [0.4, 0.5) is 5.69 Å². The van der Waals surface area contributed by atoms with Crippen LogP contribution in [0.2, 0.25) is 5.02 Å². The summed E-state index contributed by atoms with van der Waals surface area (Å²) in [6.45, 7) is 4.47. The molecule has 0 fully saturated rings. The molecule has 1 heterocycles. The number of aromatic nitrogens is 1. The third-order valence-electron chi connectivity index (χ3n) is 2.66. The van der Waals surface area contributed by atoms with Gasteiger partial charge < -0.3 is 10.5 Å². The Morgan fingerprint density at radius 2 is 2.11 bits per heavy atom. The van der Waals surface area contributed by atoms with Gasteiger partial charge in [0.2, 0.25) is 5.88 Å². The number of nitrogens with zero attached hydrogens (tertiary/aromatic N) is 1. The Morgan fingerprint density at radius 3 is 2.78 bits per heavy atom. The van der Waals surface area contributed by atoms with Crippen LogP contribution in [0.3, 0.4) is 0 Å². The molecular formula is C14H15ClN2O. The maximum absolute atomic E-state index is 6.13. The lowest BCUT2D eigenvalue weighted by Gasteiger charge is -2.09. The largest absolute Gasteiger partial charge is 0.477 e. The predicted octanol–water partition coefficient (Wildman–Crippen LogP) is 3.69. The van der Waals surface area contributed by atoms with E-state index in [0.717, 1.165) is 22.4 Å². The molecule has 1 aromatic heterocycles. The summed E-state index contributed by atoms with van der Waals surface area (Å²) in [5, 5.41) is 0.510. The molecule has 1 aromatic carbocycles. The highest BCUT2D eigenvalue weighted by Crippen LogP contribution is 2.30. The summed E-state index contributed by atoms with van der Waals surface area (Å²) in [4.78, 5) is 4.22. The van der Waals surface area contributed by atoms with Gasteiger partial charge in [-0.1, -0.05) is 17.7 Å². The first-order chi connectivity index (χ1) is 8.61. The van der Waals surface area contributed by atoms with Crippen molar-refractivity contribution in [1.29, 1.82) is 0 Å². The second-order valence-electron chi connectivity index (χ2n) is 4.02. The highest BCUT2D eigenvalue weighted by Gasteiger charge is 2.08. The van der Waals surface area contributed by atoms with E-state index in [1.54, 1.807) is 6.20 Å². The number of nitrogens with two attached hydrogens (primary N) is 1. The van der Waals surface area contributed by atoms with Gasteiger partial charge in [0.15, 0.2) is 0 Å². The van der Waals surface area contributed by atoms with Gasteiger partial charge in [0.05, 0.1) is 6.61 Å². The molecule has 0 saturated carbocycles. The number of nitrogen functional groups attached to an aromatic ring is 1. The fourth-order valence-electron chi connectivity index (χ4n) is 1.77. The average molecular weight is 263 g/mol. The zero-order valence-electron chi connectivity index (χ0n) is 10.4. The van der Waals surface area contributed by atoms with Crippen LogP contribution in [0.25, 0.3) is 11.1 Å². The second-order valence-corrected chi connectivity index (χ2v) is 4.43. The number of benzene rings is 1. The van der Waals surface area contributed by atoms with Crippen molar-refractivity contribution in [2.24, 2.45) is 0 Å². The average Bonchev–Trinajstić information content (AvgIpc) is 2.35. The molecule has 2 N–H and O–H groups in total. The second kappa shape index (κ2) is 5.27. The van der Waals surface area contributed by atoms with Crippen molar-refractivity contribution >= 4 is 17.3 Å². The summed E-state index contributed by atoms with van der Waals surface area (Å²) in [5.41, 5.74) is 9.63. The summed E-state index contributed by atoms with van der Waals surface area (Å²) in [6, 6.07) is 7.63. The van der Waals surface area contributed by atoms with Gasteiger partial charge in [0.25, 0.3) is 0 Å². The van der Waals surface area contributed by atoms with Crippen LogP contribution in [0.1, 0.15) is 12.5 Å². The van der Waals surface area contributed by atoms with Crippen molar-refractivity contribution < 1.29 is 4.74 Å². The van der Waals surface area contributed by atoms with E-state index in [0.29, 0.717) is 17.5 Å². The van der Waals surface area contributed by atoms with E-state index in [4.69, 9.17) is 22.1 Å². The highest BCUT2D eigenvalue weighted by atomic mass is 35.5. The summed E-state index contributed by atoms with van der Waals surface area (Å²) < 4.78 is 5.31. The number of ether oxygens (including phenoxy) is 1. The number of anilines is 1. The van der Waals surface area contributed by atoms with Crippen molar-refractivity contribution in [2.45, 2.75) is 13.8 Å². The summed E-state index contributed by atoms with van der Waals surface area (Å²) >= 11 is 6.13. The molecule has 0 aliphatic carbocycles. The maximum Gasteiger partial charge on any atom is 0.232 e. The van der Waals surface area contributed by atoms with Gasteiger partial charge in [-0.25, -0.2) is 4.98 Å². The van der Waals surface area contributed by atoms with Gasteiger partial charge in [0, 0.05) is 17.4 Å². The van der Waals surface area contributed by atoms with E-state index < -0.39 is 0 Å². The van der Waals surface area contributed by atoms with Crippen LogP contribution in [-0.4, -0.2) is 11.6 Å². The zero-order chi connectivity index (χ0) is 13.1. The molecular weight excluding hydrogens is 248 g/mol. The first-order valence-corrected chi connectivity index (χ1v) is 6.14. The molecule has 0 amide bonds. The summed E-state index contributed by atoms with van der Waals surface area (Å²) in [6.07, 6.45) is 1.75. The number of pyridine rings is 1. The van der Waals surface area contributed by atoms with Crippen LogP contribution in [-0.2, 0) is 0 Å². The Bertz CT molecular complexity index is 570. The molecule has 18 heavy (non-hydrogen) atoms. The molecule has 0 spiro atoms. The van der Waals surface area contributed by atoms with E-state index in [1.807, 2.05) is 38.1 Å². The molecule has 2 rings (SSSR count). The summed E-state index contributed by atoms with van der Waals surface area (Å²) in [5.74, 6) is 0.462. The fraction of sp³-hybridized carbons (Fsp3) is 0.214. The molecule has 0 bridgehead atoms. The van der Waals surface area contributed by atoms with E-state index >= 15 is 0 Å². The molecule has 4 heteroatoms. The van der Waals surface area contributed by atoms with Crippen molar-refractivity contribution in [3.8, 4) is 17.0 Å². The number of rotatable bonds is 3. The normalized spacial score (nSPS) is 10.4. The molecule has 2 aromatic rings. The van der Waals surface area contributed by atoms with Crippen LogP contribution in [0.5, 0.6) is 5.88 Å². The first-order valence-electron chi connectivity index (χ1n) is 5.76. The Hall–Kier alpha value is -1.74. The number of aryl methyl sites for hydroxylation is 1. The topological polar surface area (TPSA) is 48.1 Å². The maximum atomic E-state index is 6.13. The van der Waals surface area contributed by atoms with Gasteiger partial charge in [-0.15, -0.1) is 0 Å². The van der Waals surface area contributed by atoms with Crippen LogP contribution < -0.4 is 10.5 Å². The standard InChI is InChI=1S/C14H15ClN2O/c1-3-18-14-13(15)6-10(8-17-14)12-7-11(16)5-4-9(12)2/h4-8H,3,16H2,1-2H3. The Morgan fingerprint density at radius 1 is 1.33 bits per heavy atom. The number of halogens is 1. The minimum atomic E-state index is 0.462. The molecule has 0 saturated heterocycles. The summed E-state index contributed by atoms with van der Waals surface area (Å²) in [7, 11) is 0. The van der Waals surface area contributed by atoms with Gasteiger partial charge in [-0.05, 0) is 43.2 Å². The third kappa shape index (κ3) is 2.57. The quantitative estimate of drug-likeness (QED) is 0.858. The van der Waals surface area contributed by atoms with Crippen molar-refractivity contribution in [3.05, 3.63) is 41.0 Å². The van der Waals surface area contributed by atoms with E-state index in [-0.39, 0.29) is 0 Å². The van der Waals surface area contributed by atoms with Crippen LogP contribution >= 0.6 is 11.6 Å². The lowest BCUT2D eigenvalue weighted by Crippen LogP contribution is -1.96. The van der Waals surface area contributed by atoms with Crippen LogP contribution in [0, 0.1) is 6.92 Å². The van der Waals surface area contributed by atoms with Crippen molar-refractivity contribution in [1.82, 2.24) is 4.98 Å². The molecule has 0 aliphatic rings. The molecule has 3 nitrogen and oxygen atoms in total. The van der Waals surface area contributed by atoms with Crippen LogP contribution in [0.15, 0.2) is 30.5 Å². The molecule has 94 valence electrons. The minimum absolute atomic E-state index is 0.462. The first kappa shape index (κ1) is 12.7. The number of hydrogen-bond acceptors (Lipinski definition) is 3. The molecule has 0 aliphatic heterocycles. The lowest BCUT2D eigenvalue weighted by atomic mass is 10.0.